The van der Waals surface area contributed by atoms with Gasteiger partial charge >= 0.3 is 0 Å². The minimum atomic E-state index is -0.0324. The van der Waals surface area contributed by atoms with Crippen LogP contribution < -0.4 is 5.32 Å². The fourth-order valence-electron chi connectivity index (χ4n) is 1.59. The lowest BCUT2D eigenvalue weighted by molar-refractivity contribution is -0.122. The summed E-state index contributed by atoms with van der Waals surface area (Å²) in [5.41, 5.74) is 1.69. The third-order valence-corrected chi connectivity index (χ3v) is 2.73. The van der Waals surface area contributed by atoms with E-state index >= 15 is 0 Å². The summed E-state index contributed by atoms with van der Waals surface area (Å²) in [4.78, 5) is 11.7. The van der Waals surface area contributed by atoms with Crippen LogP contribution in [0.4, 0.5) is 0 Å². The molecule has 1 heterocycles. The van der Waals surface area contributed by atoms with Crippen LogP contribution in [0.5, 0.6) is 0 Å². The quantitative estimate of drug-likeness (QED) is 0.865. The Morgan fingerprint density at radius 2 is 2.24 bits per heavy atom. The molecule has 0 saturated heterocycles. The van der Waals surface area contributed by atoms with Crippen molar-refractivity contribution in [1.29, 1.82) is 0 Å². The van der Waals surface area contributed by atoms with Gasteiger partial charge in [0.15, 0.2) is 0 Å². The van der Waals surface area contributed by atoms with Crippen LogP contribution in [0.3, 0.4) is 0 Å². The molecule has 0 fully saturated rings. The van der Waals surface area contributed by atoms with E-state index in [1.54, 1.807) is 4.68 Å². The number of carbonyl (C=O) groups is 1. The van der Waals surface area contributed by atoms with Crippen molar-refractivity contribution >= 4 is 16.9 Å². The Hall–Kier alpha value is -1.91. The van der Waals surface area contributed by atoms with Gasteiger partial charge in [-0.25, -0.2) is 4.68 Å². The second kappa shape index (κ2) is 4.95. The summed E-state index contributed by atoms with van der Waals surface area (Å²) in [7, 11) is 0. The summed E-state index contributed by atoms with van der Waals surface area (Å²) < 4.78 is 1.62. The predicted molar refractivity (Wildman–Crippen MR) is 65.4 cm³/mol. The van der Waals surface area contributed by atoms with Crippen molar-refractivity contribution in [3.05, 3.63) is 24.3 Å². The largest absolute Gasteiger partial charge is 0.352 e. The van der Waals surface area contributed by atoms with E-state index in [1.807, 2.05) is 38.1 Å². The van der Waals surface area contributed by atoms with Crippen molar-refractivity contribution in [1.82, 2.24) is 20.3 Å². The zero-order chi connectivity index (χ0) is 12.3. The van der Waals surface area contributed by atoms with Crippen LogP contribution in [-0.4, -0.2) is 26.9 Å². The van der Waals surface area contributed by atoms with Gasteiger partial charge in [-0.3, -0.25) is 4.79 Å². The topological polar surface area (TPSA) is 59.8 Å². The molecule has 1 aromatic carbocycles. The SMILES string of the molecule is CC[C@@H](C)NC(=O)Cn1nnc2ccccc21. The molecule has 1 aromatic heterocycles. The minimum absolute atomic E-state index is 0.0324. The molecule has 0 unspecified atom stereocenters. The average molecular weight is 232 g/mol. The maximum absolute atomic E-state index is 11.7. The highest BCUT2D eigenvalue weighted by Gasteiger charge is 2.09. The number of nitrogens with zero attached hydrogens (tertiary/aromatic N) is 3. The summed E-state index contributed by atoms with van der Waals surface area (Å²) in [6, 6.07) is 7.80. The van der Waals surface area contributed by atoms with Gasteiger partial charge in [0.05, 0.1) is 5.52 Å². The maximum atomic E-state index is 11.7. The second-order valence-electron chi connectivity index (χ2n) is 4.11. The normalized spacial score (nSPS) is 12.6. The summed E-state index contributed by atoms with van der Waals surface area (Å²) in [6.07, 6.45) is 0.920. The first-order valence-electron chi connectivity index (χ1n) is 5.78. The maximum Gasteiger partial charge on any atom is 0.242 e. The van der Waals surface area contributed by atoms with Crippen molar-refractivity contribution in [3.63, 3.8) is 0 Å². The molecule has 2 aromatic rings. The van der Waals surface area contributed by atoms with Crippen LogP contribution in [0.1, 0.15) is 20.3 Å². The average Bonchev–Trinajstić information content (AvgIpc) is 2.72. The van der Waals surface area contributed by atoms with Crippen molar-refractivity contribution < 1.29 is 4.79 Å². The van der Waals surface area contributed by atoms with E-state index < -0.39 is 0 Å². The molecule has 5 heteroatoms. The number of hydrogen-bond acceptors (Lipinski definition) is 3. The van der Waals surface area contributed by atoms with Crippen molar-refractivity contribution in [2.75, 3.05) is 0 Å². The molecular weight excluding hydrogens is 216 g/mol. The smallest absolute Gasteiger partial charge is 0.242 e. The zero-order valence-corrected chi connectivity index (χ0v) is 10.1. The standard InChI is InChI=1S/C12H16N4O/c1-3-9(2)13-12(17)8-16-11-7-5-4-6-10(11)14-15-16/h4-7,9H,3,8H2,1-2H3,(H,13,17)/t9-/m1/s1. The molecule has 1 atom stereocenters. The Labute approximate surface area is 99.8 Å². The van der Waals surface area contributed by atoms with Gasteiger partial charge in [0.1, 0.15) is 12.1 Å². The molecule has 0 aliphatic carbocycles. The van der Waals surface area contributed by atoms with Gasteiger partial charge in [-0.05, 0) is 25.5 Å². The van der Waals surface area contributed by atoms with E-state index in [4.69, 9.17) is 0 Å². The molecule has 5 nitrogen and oxygen atoms in total. The fraction of sp³-hybridized carbons (Fsp3) is 0.417. The lowest BCUT2D eigenvalue weighted by Gasteiger charge is -2.11. The highest BCUT2D eigenvalue weighted by Crippen LogP contribution is 2.09. The number of carbonyl (C=O) groups excluding carboxylic acids is 1. The van der Waals surface area contributed by atoms with Crippen molar-refractivity contribution in [2.45, 2.75) is 32.9 Å². The van der Waals surface area contributed by atoms with E-state index in [9.17, 15) is 4.79 Å². The van der Waals surface area contributed by atoms with Crippen LogP contribution >= 0.6 is 0 Å². The van der Waals surface area contributed by atoms with Gasteiger partial charge in [-0.2, -0.15) is 0 Å². The van der Waals surface area contributed by atoms with Gasteiger partial charge < -0.3 is 5.32 Å². The summed E-state index contributed by atoms with van der Waals surface area (Å²) >= 11 is 0. The first kappa shape index (κ1) is 11.6. The molecular formula is C12H16N4O. The first-order valence-corrected chi connectivity index (χ1v) is 5.78. The van der Waals surface area contributed by atoms with E-state index in [0.717, 1.165) is 17.5 Å². The van der Waals surface area contributed by atoms with Crippen LogP contribution in [0.25, 0.3) is 11.0 Å². The highest BCUT2D eigenvalue weighted by atomic mass is 16.2. The molecule has 2 rings (SSSR count). The molecule has 0 aliphatic heterocycles. The van der Waals surface area contributed by atoms with E-state index in [1.165, 1.54) is 0 Å². The molecule has 0 aliphatic rings. The van der Waals surface area contributed by atoms with Crippen LogP contribution in [0.2, 0.25) is 0 Å². The number of amides is 1. The Bertz CT molecular complexity index is 520. The lowest BCUT2D eigenvalue weighted by Crippen LogP contribution is -2.34. The van der Waals surface area contributed by atoms with Gasteiger partial charge in [0.25, 0.3) is 0 Å². The summed E-state index contributed by atoms with van der Waals surface area (Å²) in [6.45, 7) is 4.23. The van der Waals surface area contributed by atoms with E-state index in [0.29, 0.717) is 0 Å². The molecule has 1 N–H and O–H groups in total. The van der Waals surface area contributed by atoms with Gasteiger partial charge in [-0.15, -0.1) is 5.10 Å². The van der Waals surface area contributed by atoms with Crippen molar-refractivity contribution in [2.24, 2.45) is 0 Å². The highest BCUT2D eigenvalue weighted by molar-refractivity contribution is 5.79. The number of rotatable bonds is 4. The van der Waals surface area contributed by atoms with Gasteiger partial charge in [0.2, 0.25) is 5.91 Å². The molecule has 0 radical (unpaired) electrons. The monoisotopic (exact) mass is 232 g/mol. The first-order chi connectivity index (χ1) is 8.20. The van der Waals surface area contributed by atoms with Crippen LogP contribution in [-0.2, 0) is 11.3 Å². The molecule has 90 valence electrons. The Kier molecular flexibility index (Phi) is 3.37. The predicted octanol–water partition coefficient (Wildman–Crippen LogP) is 1.35. The van der Waals surface area contributed by atoms with E-state index in [-0.39, 0.29) is 18.5 Å². The number of para-hydroxylation sites is 1. The third-order valence-electron chi connectivity index (χ3n) is 2.73. The number of fused-ring (bicyclic) bond motifs is 1. The Morgan fingerprint density at radius 1 is 1.47 bits per heavy atom. The van der Waals surface area contributed by atoms with Gasteiger partial charge in [0, 0.05) is 6.04 Å². The second-order valence-corrected chi connectivity index (χ2v) is 4.11. The molecule has 17 heavy (non-hydrogen) atoms. The third kappa shape index (κ3) is 2.61. The minimum Gasteiger partial charge on any atom is -0.352 e. The molecule has 1 amide bonds. The van der Waals surface area contributed by atoms with Gasteiger partial charge in [-0.1, -0.05) is 24.3 Å². The number of aromatic nitrogens is 3. The fourth-order valence-corrected chi connectivity index (χ4v) is 1.59. The van der Waals surface area contributed by atoms with Crippen LogP contribution in [0.15, 0.2) is 24.3 Å². The number of benzene rings is 1. The molecule has 0 spiro atoms. The number of nitrogens with one attached hydrogen (secondary N) is 1. The molecule has 0 saturated carbocycles. The number of hydrogen-bond donors (Lipinski definition) is 1. The summed E-state index contributed by atoms with van der Waals surface area (Å²) in [5, 5.41) is 10.9. The Balaban J connectivity index is 2.11. The van der Waals surface area contributed by atoms with Crippen LogP contribution in [0, 0.1) is 0 Å². The lowest BCUT2D eigenvalue weighted by atomic mass is 10.2. The zero-order valence-electron chi connectivity index (χ0n) is 10.1. The summed E-state index contributed by atoms with van der Waals surface area (Å²) in [5.74, 6) is -0.0324. The van der Waals surface area contributed by atoms with E-state index in [2.05, 4.69) is 15.6 Å². The van der Waals surface area contributed by atoms with Crippen molar-refractivity contribution in [3.8, 4) is 0 Å². The molecule has 0 bridgehead atoms. The Morgan fingerprint density at radius 3 is 3.00 bits per heavy atom.